The zero-order chi connectivity index (χ0) is 96.3. The molecule has 0 nitrogen and oxygen atoms in total. The first-order valence-corrected chi connectivity index (χ1v) is 50.9. The van der Waals surface area contributed by atoms with Crippen molar-refractivity contribution >= 4 is 86.2 Å². The maximum absolute atomic E-state index is 2.57. The lowest BCUT2D eigenvalue weighted by molar-refractivity contribution is 0.660. The predicted octanol–water partition coefficient (Wildman–Crippen LogP) is 39.2. The Morgan fingerprint density at radius 1 is 0.105 bits per heavy atom. The highest BCUT2D eigenvalue weighted by atomic mass is 14.5. The van der Waals surface area contributed by atoms with Crippen LogP contribution in [-0.4, -0.2) is 0 Å². The summed E-state index contributed by atoms with van der Waals surface area (Å²) in [4.78, 5) is 0. The second-order valence-corrected chi connectivity index (χ2v) is 43.1. The van der Waals surface area contributed by atoms with Crippen LogP contribution >= 0.6 is 0 Å². The first-order valence-electron chi connectivity index (χ1n) is 50.9. The minimum Gasteiger partial charge on any atom is -0.0622 e. The minimum absolute atomic E-state index is 0.0739. The zero-order valence-electron chi connectivity index (χ0n) is 82.4. The predicted molar refractivity (Wildman–Crippen MR) is 611 cm³/mol. The van der Waals surface area contributed by atoms with Gasteiger partial charge in [-0.3, -0.25) is 0 Å². The van der Waals surface area contributed by atoms with Crippen molar-refractivity contribution < 1.29 is 0 Å². The summed E-state index contributed by atoms with van der Waals surface area (Å²) in [6, 6.07) is 173. The van der Waals surface area contributed by atoms with Crippen LogP contribution in [0.15, 0.2) is 461 Å². The van der Waals surface area contributed by atoms with E-state index < -0.39 is 0 Å². The number of hydrogen-bond acceptors (Lipinski definition) is 0. The summed E-state index contributed by atoms with van der Waals surface area (Å²) >= 11 is 0. The van der Waals surface area contributed by atoms with Gasteiger partial charge in [-0.15, -0.1) is 0 Å². The van der Waals surface area contributed by atoms with Gasteiger partial charge in [-0.05, 0) is 347 Å². The van der Waals surface area contributed by atoms with E-state index in [0.717, 1.165) is 0 Å². The van der Waals surface area contributed by atoms with Crippen molar-refractivity contribution in [3.05, 3.63) is 517 Å². The van der Waals surface area contributed by atoms with E-state index in [0.29, 0.717) is 0 Å². The summed E-state index contributed by atoms with van der Waals surface area (Å²) in [5, 5.41) is 20.7. The number of benzene rings is 24. The monoisotopic (exact) mass is 1820 g/mol. The van der Waals surface area contributed by atoms with Crippen molar-refractivity contribution in [3.63, 3.8) is 0 Å². The lowest BCUT2D eigenvalue weighted by Gasteiger charge is -2.25. The molecule has 5 aliphatic carbocycles. The standard InChI is InChI=1S/C53H42.C47H34.C43H30/c1-51(2)43-20-12-9-15-33(43)36-25-23-31(27-46(36)51)49-38-18-7-8-19-39(38)50(32-24-26-37-34-16-10-13-21-44(34)52(3,4)47(37)28-32)42-30-48-40(29-41(42)49)35-17-11-14-22-45(35)53(48,5)6;1-47(2)43-20-12-11-17-37(43)40-29-41-42(30-44(40)47)46(36-27-23-34(24-28-36)32-15-7-4-8-16-32)39-19-10-9-18-38(39)45(41)35-25-21-33(22-26-35)31-13-5-3-6-14-31;1-43(2)39-18-10-9-15-33(39)36-25-37-38(26-40(36)43)42(32-22-20-28-12-4-6-14-30(28)24-32)35-17-8-7-16-34(35)41(37)31-21-19-27-11-3-5-13-29(27)23-31/h7-30H,1-6H3;3-30H,1-2H3;3-26H,1-2H3. The summed E-state index contributed by atoms with van der Waals surface area (Å²) in [6.45, 7) is 23.9. The number of rotatable bonds is 8. The van der Waals surface area contributed by atoms with E-state index in [2.05, 4.69) is 530 Å². The molecule has 0 saturated carbocycles. The van der Waals surface area contributed by atoms with Crippen LogP contribution in [0.2, 0.25) is 0 Å². The lowest BCUT2D eigenvalue weighted by Crippen LogP contribution is -2.15. The van der Waals surface area contributed by atoms with Crippen LogP contribution in [0.1, 0.15) is 125 Å². The van der Waals surface area contributed by atoms with E-state index in [1.54, 1.807) is 0 Å². The molecular weight excluding hydrogens is 1720 g/mol. The van der Waals surface area contributed by atoms with Crippen LogP contribution in [0.3, 0.4) is 0 Å². The lowest BCUT2D eigenvalue weighted by atomic mass is 9.78. The summed E-state index contributed by atoms with van der Waals surface area (Å²) < 4.78 is 0. The van der Waals surface area contributed by atoms with Crippen LogP contribution < -0.4 is 0 Å². The van der Waals surface area contributed by atoms with Gasteiger partial charge in [0.05, 0.1) is 0 Å². The number of hydrogen-bond donors (Lipinski definition) is 0. The molecule has 0 bridgehead atoms. The molecule has 0 fully saturated rings. The van der Waals surface area contributed by atoms with E-state index in [-0.39, 0.29) is 27.1 Å². The molecule has 0 saturated heterocycles. The van der Waals surface area contributed by atoms with Gasteiger partial charge in [0, 0.05) is 27.1 Å². The van der Waals surface area contributed by atoms with E-state index in [1.807, 2.05) is 0 Å². The van der Waals surface area contributed by atoms with Crippen LogP contribution in [0.5, 0.6) is 0 Å². The van der Waals surface area contributed by atoms with Gasteiger partial charge in [-0.1, -0.05) is 470 Å². The smallest absolute Gasteiger partial charge is 0.0159 e. The molecule has 0 radical (unpaired) electrons. The first-order chi connectivity index (χ1) is 69.7. The highest BCUT2D eigenvalue weighted by Gasteiger charge is 2.43. The van der Waals surface area contributed by atoms with Gasteiger partial charge < -0.3 is 0 Å². The van der Waals surface area contributed by atoms with Crippen molar-refractivity contribution in [2.75, 3.05) is 0 Å². The van der Waals surface area contributed by atoms with Crippen molar-refractivity contribution in [1.82, 2.24) is 0 Å². The Kier molecular flexibility index (Phi) is 19.3. The third kappa shape index (κ3) is 13.1. The van der Waals surface area contributed by atoms with Gasteiger partial charge in [0.1, 0.15) is 0 Å². The fourth-order valence-corrected chi connectivity index (χ4v) is 26.3. The molecule has 0 N–H and O–H groups in total. The van der Waals surface area contributed by atoms with Gasteiger partial charge in [0.25, 0.3) is 0 Å². The Morgan fingerprint density at radius 3 is 0.587 bits per heavy atom. The summed E-state index contributed by atoms with van der Waals surface area (Å²) in [5.74, 6) is 0. The normalized spacial score (nSPS) is 14.4. The number of fused-ring (bicyclic) bond motifs is 23. The first kappa shape index (κ1) is 85.5. The minimum atomic E-state index is -0.103. The molecule has 678 valence electrons. The van der Waals surface area contributed by atoms with Crippen molar-refractivity contribution in [1.29, 1.82) is 0 Å². The maximum Gasteiger partial charge on any atom is 0.0159 e. The van der Waals surface area contributed by atoms with Crippen LogP contribution in [0.25, 0.3) is 231 Å². The highest BCUT2D eigenvalue weighted by Crippen LogP contribution is 2.61. The van der Waals surface area contributed by atoms with Gasteiger partial charge in [-0.2, -0.15) is 0 Å². The summed E-state index contributed by atoms with van der Waals surface area (Å²) in [7, 11) is 0. The van der Waals surface area contributed by atoms with Crippen LogP contribution in [-0.2, 0) is 27.1 Å². The van der Waals surface area contributed by atoms with Crippen LogP contribution in [0.4, 0.5) is 0 Å². The third-order valence-corrected chi connectivity index (χ3v) is 33.6. The molecule has 0 spiro atoms. The van der Waals surface area contributed by atoms with Crippen LogP contribution in [0, 0.1) is 0 Å². The average Bonchev–Trinajstić information content (AvgIpc) is 1.60. The highest BCUT2D eigenvalue weighted by molar-refractivity contribution is 6.27. The van der Waals surface area contributed by atoms with E-state index >= 15 is 0 Å². The Balaban J connectivity index is 0.000000108. The Hall–Kier alpha value is -16.6. The van der Waals surface area contributed by atoms with Crippen molar-refractivity contribution in [3.8, 4) is 145 Å². The second-order valence-electron chi connectivity index (χ2n) is 43.1. The zero-order valence-corrected chi connectivity index (χ0v) is 82.4. The average molecular weight is 1820 g/mol. The molecule has 0 heteroatoms. The molecule has 0 amide bonds. The topological polar surface area (TPSA) is 0 Å². The Morgan fingerprint density at radius 2 is 0.294 bits per heavy atom. The molecule has 29 rings (SSSR count). The molecule has 5 aliphatic rings. The third-order valence-electron chi connectivity index (χ3n) is 33.6. The molecule has 0 aliphatic heterocycles. The Labute approximate surface area is 837 Å². The summed E-state index contributed by atoms with van der Waals surface area (Å²) in [6.07, 6.45) is 0. The van der Waals surface area contributed by atoms with Crippen molar-refractivity contribution in [2.45, 2.75) is 96.3 Å². The molecule has 24 aromatic carbocycles. The van der Waals surface area contributed by atoms with Gasteiger partial charge in [0.2, 0.25) is 0 Å². The SMILES string of the molecule is CC1(C)c2ccccc2-c2cc3c(-c4ccc(-c5ccccc5)cc4)c4ccccc4c(-c4ccc(-c5ccccc5)cc4)c3cc21.CC1(C)c2ccccc2-c2cc3c(-c4ccc5ccccc5c4)c4ccccc4c(-c4ccc5ccccc5c4)c3cc21.CC1(C)c2ccccc2-c2ccc(-c3c4ccccc4c(-c4ccc5c(c4)C(C)(C)c4ccccc4-5)c4cc5c(cc34)-c3ccccc3C5(C)C)cc21. The molecule has 0 heterocycles. The molecular formula is C143H106. The molecule has 0 unspecified atom stereocenters. The van der Waals surface area contributed by atoms with E-state index in [1.165, 1.54) is 286 Å². The molecule has 0 atom stereocenters. The van der Waals surface area contributed by atoms with E-state index in [4.69, 9.17) is 0 Å². The quantitative estimate of drug-likeness (QED) is 0.133. The Bertz CT molecular complexity index is 9500. The maximum atomic E-state index is 2.57. The molecule has 143 heavy (non-hydrogen) atoms. The van der Waals surface area contributed by atoms with Gasteiger partial charge in [-0.25, -0.2) is 0 Å². The molecule has 24 aromatic rings. The van der Waals surface area contributed by atoms with Gasteiger partial charge in [0.15, 0.2) is 0 Å². The fourth-order valence-electron chi connectivity index (χ4n) is 26.3. The van der Waals surface area contributed by atoms with Gasteiger partial charge >= 0.3 is 0 Å². The fraction of sp³-hybridized carbons (Fsp3) is 0.105. The summed E-state index contributed by atoms with van der Waals surface area (Å²) in [5.41, 5.74) is 47.6. The van der Waals surface area contributed by atoms with Crippen molar-refractivity contribution in [2.24, 2.45) is 0 Å². The second kappa shape index (κ2) is 32.2. The van der Waals surface area contributed by atoms with E-state index in [9.17, 15) is 0 Å². The molecule has 0 aromatic heterocycles. The largest absolute Gasteiger partial charge is 0.0622 e.